The minimum atomic E-state index is -1.01. The molecule has 0 aromatic heterocycles. The summed E-state index contributed by atoms with van der Waals surface area (Å²) >= 11 is 3.46. The number of aliphatic imine (C=N–C) groups is 1. The standard InChI is InChI=1S/C15H18BrN3O2/c1-14(8-20)6-9-3-4-10(16)5-11(9)15(7-14)12(21)19(2)13(17)18-15/h3-5,20H,6-8H2,1-2H3,(H2,17,18)/t14-,15?/m0/s1. The maximum atomic E-state index is 12.8. The monoisotopic (exact) mass is 351 g/mol. The number of aliphatic hydroxyl groups is 1. The van der Waals surface area contributed by atoms with E-state index in [-0.39, 0.29) is 23.9 Å². The lowest BCUT2D eigenvalue weighted by Gasteiger charge is -2.42. The van der Waals surface area contributed by atoms with Gasteiger partial charge in [0.2, 0.25) is 0 Å². The maximum absolute atomic E-state index is 12.8. The van der Waals surface area contributed by atoms with Crippen LogP contribution in [0, 0.1) is 5.41 Å². The Kier molecular flexibility index (Phi) is 3.15. The van der Waals surface area contributed by atoms with Crippen LogP contribution in [0.1, 0.15) is 24.5 Å². The minimum Gasteiger partial charge on any atom is -0.396 e. The number of nitrogens with two attached hydrogens (primary N) is 1. The number of rotatable bonds is 1. The van der Waals surface area contributed by atoms with Gasteiger partial charge in [0.25, 0.3) is 5.91 Å². The molecule has 1 heterocycles. The van der Waals surface area contributed by atoms with Gasteiger partial charge in [-0.25, -0.2) is 4.99 Å². The van der Waals surface area contributed by atoms with E-state index >= 15 is 0 Å². The van der Waals surface area contributed by atoms with Gasteiger partial charge in [0.15, 0.2) is 11.5 Å². The Balaban J connectivity index is 2.26. The van der Waals surface area contributed by atoms with Gasteiger partial charge < -0.3 is 10.8 Å². The van der Waals surface area contributed by atoms with Crippen molar-refractivity contribution in [2.45, 2.75) is 25.3 Å². The number of hydrogen-bond acceptors (Lipinski definition) is 4. The summed E-state index contributed by atoms with van der Waals surface area (Å²) in [4.78, 5) is 18.7. The van der Waals surface area contributed by atoms with Crippen molar-refractivity contribution in [3.05, 3.63) is 33.8 Å². The van der Waals surface area contributed by atoms with Gasteiger partial charge in [-0.1, -0.05) is 28.9 Å². The molecule has 0 bridgehead atoms. The van der Waals surface area contributed by atoms with Crippen LogP contribution < -0.4 is 5.73 Å². The van der Waals surface area contributed by atoms with Gasteiger partial charge in [-0.3, -0.25) is 9.69 Å². The van der Waals surface area contributed by atoms with Crippen LogP contribution in [-0.2, 0) is 16.8 Å². The summed E-state index contributed by atoms with van der Waals surface area (Å²) in [5.41, 5.74) is 6.42. The summed E-state index contributed by atoms with van der Waals surface area (Å²) in [7, 11) is 1.64. The summed E-state index contributed by atoms with van der Waals surface area (Å²) in [6.07, 6.45) is 1.18. The fraction of sp³-hybridized carbons (Fsp3) is 0.467. The van der Waals surface area contributed by atoms with Crippen molar-refractivity contribution >= 4 is 27.8 Å². The molecular weight excluding hydrogens is 334 g/mol. The maximum Gasteiger partial charge on any atom is 0.261 e. The molecule has 1 aliphatic carbocycles. The average Bonchev–Trinajstić information content (AvgIpc) is 2.65. The fourth-order valence-corrected chi connectivity index (χ4v) is 3.79. The van der Waals surface area contributed by atoms with Crippen LogP contribution in [0.15, 0.2) is 27.7 Å². The highest BCUT2D eigenvalue weighted by molar-refractivity contribution is 9.10. The summed E-state index contributed by atoms with van der Waals surface area (Å²) in [6.45, 7) is 1.99. The van der Waals surface area contributed by atoms with E-state index in [9.17, 15) is 9.90 Å². The molecule has 1 spiro atoms. The number of nitrogens with zero attached hydrogens (tertiary/aromatic N) is 2. The third-order valence-corrected chi connectivity index (χ3v) is 5.00. The van der Waals surface area contributed by atoms with Crippen LogP contribution in [-0.4, -0.2) is 35.5 Å². The van der Waals surface area contributed by atoms with Crippen LogP contribution >= 0.6 is 15.9 Å². The zero-order valence-electron chi connectivity index (χ0n) is 12.1. The highest BCUT2D eigenvalue weighted by Crippen LogP contribution is 2.50. The van der Waals surface area contributed by atoms with Gasteiger partial charge in [0, 0.05) is 18.1 Å². The van der Waals surface area contributed by atoms with E-state index < -0.39 is 5.54 Å². The molecule has 112 valence electrons. The van der Waals surface area contributed by atoms with Gasteiger partial charge in [0.1, 0.15) is 0 Å². The van der Waals surface area contributed by atoms with Crippen molar-refractivity contribution in [2.24, 2.45) is 16.1 Å². The number of carbonyl (C=O) groups is 1. The Morgan fingerprint density at radius 1 is 1.52 bits per heavy atom. The highest BCUT2D eigenvalue weighted by atomic mass is 79.9. The number of carbonyl (C=O) groups excluding carboxylic acids is 1. The molecule has 2 aliphatic rings. The van der Waals surface area contributed by atoms with Crippen molar-refractivity contribution in [1.29, 1.82) is 0 Å². The number of guanidine groups is 1. The first-order valence-corrected chi connectivity index (χ1v) is 7.64. The van der Waals surface area contributed by atoms with Gasteiger partial charge >= 0.3 is 0 Å². The van der Waals surface area contributed by atoms with Crippen LogP contribution in [0.2, 0.25) is 0 Å². The molecule has 1 unspecified atom stereocenters. The third kappa shape index (κ3) is 2.00. The molecule has 3 N–H and O–H groups in total. The first-order chi connectivity index (χ1) is 9.81. The van der Waals surface area contributed by atoms with Crippen LogP contribution in [0.4, 0.5) is 0 Å². The second-order valence-corrected chi connectivity index (χ2v) is 7.23. The van der Waals surface area contributed by atoms with Gasteiger partial charge in [-0.15, -0.1) is 0 Å². The summed E-state index contributed by atoms with van der Waals surface area (Å²) < 4.78 is 0.907. The van der Waals surface area contributed by atoms with Gasteiger partial charge in [-0.05, 0) is 41.5 Å². The van der Waals surface area contributed by atoms with Crippen molar-refractivity contribution in [3.63, 3.8) is 0 Å². The Bertz CT molecular complexity index is 660. The van der Waals surface area contributed by atoms with E-state index in [4.69, 9.17) is 5.73 Å². The first kappa shape index (κ1) is 14.5. The van der Waals surface area contributed by atoms with E-state index in [0.29, 0.717) is 6.42 Å². The lowest BCUT2D eigenvalue weighted by molar-refractivity contribution is -0.132. The largest absolute Gasteiger partial charge is 0.396 e. The van der Waals surface area contributed by atoms with Crippen molar-refractivity contribution < 1.29 is 9.90 Å². The van der Waals surface area contributed by atoms with Crippen LogP contribution in [0.5, 0.6) is 0 Å². The Hall–Kier alpha value is -1.40. The predicted octanol–water partition coefficient (Wildman–Crippen LogP) is 1.38. The number of aliphatic hydroxyl groups excluding tert-OH is 1. The number of hydrogen-bond donors (Lipinski definition) is 2. The molecular formula is C15H18BrN3O2. The van der Waals surface area contributed by atoms with Crippen LogP contribution in [0.3, 0.4) is 0 Å². The lowest BCUT2D eigenvalue weighted by Crippen LogP contribution is -2.47. The molecule has 0 fully saturated rings. The van der Waals surface area contributed by atoms with Crippen molar-refractivity contribution in [1.82, 2.24) is 4.90 Å². The molecule has 1 amide bonds. The number of halogens is 1. The smallest absolute Gasteiger partial charge is 0.261 e. The molecule has 0 radical (unpaired) electrons. The van der Waals surface area contributed by atoms with Crippen molar-refractivity contribution in [3.8, 4) is 0 Å². The highest BCUT2D eigenvalue weighted by Gasteiger charge is 2.55. The molecule has 1 aromatic rings. The Labute approximate surface area is 132 Å². The summed E-state index contributed by atoms with van der Waals surface area (Å²) in [5.74, 6) is 0.104. The Morgan fingerprint density at radius 2 is 2.24 bits per heavy atom. The van der Waals surface area contributed by atoms with Crippen LogP contribution in [0.25, 0.3) is 0 Å². The Morgan fingerprint density at radius 3 is 2.81 bits per heavy atom. The van der Waals surface area contributed by atoms with Gasteiger partial charge in [0.05, 0.1) is 0 Å². The second kappa shape index (κ2) is 4.55. The second-order valence-electron chi connectivity index (χ2n) is 6.32. The van der Waals surface area contributed by atoms with E-state index in [2.05, 4.69) is 20.9 Å². The predicted molar refractivity (Wildman–Crippen MR) is 83.7 cm³/mol. The van der Waals surface area contributed by atoms with E-state index in [0.717, 1.165) is 22.0 Å². The van der Waals surface area contributed by atoms with Gasteiger partial charge in [-0.2, -0.15) is 0 Å². The average molecular weight is 352 g/mol. The number of amides is 1. The minimum absolute atomic E-state index is 0.0106. The number of fused-ring (bicyclic) bond motifs is 2. The summed E-state index contributed by atoms with van der Waals surface area (Å²) in [6, 6.07) is 5.89. The number of benzene rings is 1. The molecule has 21 heavy (non-hydrogen) atoms. The van der Waals surface area contributed by atoms with Crippen molar-refractivity contribution in [2.75, 3.05) is 13.7 Å². The normalized spacial score (nSPS) is 31.5. The quantitative estimate of drug-likeness (QED) is 0.801. The first-order valence-electron chi connectivity index (χ1n) is 6.85. The molecule has 6 heteroatoms. The zero-order valence-corrected chi connectivity index (χ0v) is 13.6. The molecule has 0 saturated heterocycles. The molecule has 1 aliphatic heterocycles. The SMILES string of the molecule is CN1C(=O)C2(C[C@@](C)(CO)Cc3ccc(Br)cc32)N=C1N. The third-order valence-electron chi connectivity index (χ3n) is 4.51. The van der Waals surface area contributed by atoms with E-state index in [1.54, 1.807) is 7.05 Å². The molecule has 5 nitrogen and oxygen atoms in total. The zero-order chi connectivity index (χ0) is 15.4. The molecule has 0 saturated carbocycles. The topological polar surface area (TPSA) is 78.9 Å². The van der Waals surface area contributed by atoms with E-state index in [1.165, 1.54) is 4.90 Å². The molecule has 2 atom stereocenters. The lowest BCUT2D eigenvalue weighted by atomic mass is 9.64. The fourth-order valence-electron chi connectivity index (χ4n) is 3.43. The molecule has 3 rings (SSSR count). The van der Waals surface area contributed by atoms with E-state index in [1.807, 2.05) is 25.1 Å². The number of likely N-dealkylation sites (N-methyl/N-ethyl adjacent to an activating group) is 1. The summed E-state index contributed by atoms with van der Waals surface area (Å²) in [5, 5.41) is 9.78. The molecule has 1 aromatic carbocycles.